The van der Waals surface area contributed by atoms with Gasteiger partial charge in [-0.15, -0.1) is 0 Å². The molecule has 0 fully saturated rings. The Morgan fingerprint density at radius 1 is 1.37 bits per heavy atom. The van der Waals surface area contributed by atoms with Crippen molar-refractivity contribution >= 4 is 0 Å². The third-order valence-corrected chi connectivity index (χ3v) is 2.49. The zero-order valence-corrected chi connectivity index (χ0v) is 11.3. The number of halogens is 1. The first-order chi connectivity index (χ1) is 9.24. The first-order valence-electron chi connectivity index (χ1n) is 6.58. The molecule has 0 saturated carbocycles. The van der Waals surface area contributed by atoms with Crippen LogP contribution in [0.25, 0.3) is 0 Å². The normalized spacial score (nSPS) is 12.4. The monoisotopic (exact) mass is 271 g/mol. The molecule has 1 rings (SSSR count). The minimum Gasteiger partial charge on any atom is -0.488 e. The lowest BCUT2D eigenvalue weighted by molar-refractivity contribution is 0.102. The second-order valence-corrected chi connectivity index (χ2v) is 4.15. The van der Waals surface area contributed by atoms with Gasteiger partial charge in [-0.1, -0.05) is 12.1 Å². The molecule has 2 N–H and O–H groups in total. The van der Waals surface area contributed by atoms with E-state index in [2.05, 4.69) is 5.32 Å². The standard InChI is InChI=1S/C14H22FNO3/c1-2-18-9-5-8-16-10-12(17)11-19-14-7-4-3-6-13(14)15/h3-4,6-7,12,16-17H,2,5,8-11H2,1H3. The quantitative estimate of drug-likeness (QED) is 0.634. The number of para-hydroxylation sites is 1. The van der Waals surface area contributed by atoms with Crippen molar-refractivity contribution in [1.82, 2.24) is 5.32 Å². The highest BCUT2D eigenvalue weighted by Crippen LogP contribution is 2.15. The number of benzene rings is 1. The van der Waals surface area contributed by atoms with E-state index in [9.17, 15) is 9.50 Å². The third kappa shape index (κ3) is 7.10. The fourth-order valence-corrected chi connectivity index (χ4v) is 1.52. The van der Waals surface area contributed by atoms with Crippen LogP contribution in [0.15, 0.2) is 24.3 Å². The van der Waals surface area contributed by atoms with Crippen molar-refractivity contribution in [1.29, 1.82) is 0 Å². The predicted octanol–water partition coefficient (Wildman–Crippen LogP) is 1.58. The maximum absolute atomic E-state index is 13.2. The Labute approximate surface area is 113 Å². The first-order valence-corrected chi connectivity index (χ1v) is 6.58. The SMILES string of the molecule is CCOCCCNCC(O)COc1ccccc1F. The van der Waals surface area contributed by atoms with E-state index >= 15 is 0 Å². The minimum absolute atomic E-state index is 0.0688. The fraction of sp³-hybridized carbons (Fsp3) is 0.571. The average Bonchev–Trinajstić information content (AvgIpc) is 2.42. The van der Waals surface area contributed by atoms with Crippen LogP contribution in [-0.4, -0.2) is 44.1 Å². The molecule has 0 heterocycles. The summed E-state index contributed by atoms with van der Waals surface area (Å²) < 4.78 is 23.6. The van der Waals surface area contributed by atoms with E-state index in [-0.39, 0.29) is 12.4 Å². The van der Waals surface area contributed by atoms with Crippen LogP contribution in [0.3, 0.4) is 0 Å². The summed E-state index contributed by atoms with van der Waals surface area (Å²) in [4.78, 5) is 0. The van der Waals surface area contributed by atoms with Crippen molar-refractivity contribution in [2.75, 3.05) is 32.9 Å². The summed E-state index contributed by atoms with van der Waals surface area (Å²) >= 11 is 0. The number of aliphatic hydroxyl groups excluding tert-OH is 1. The molecule has 0 aliphatic rings. The van der Waals surface area contributed by atoms with Crippen LogP contribution >= 0.6 is 0 Å². The molecule has 1 aromatic carbocycles. The van der Waals surface area contributed by atoms with Crippen LogP contribution in [0.4, 0.5) is 4.39 Å². The van der Waals surface area contributed by atoms with Gasteiger partial charge >= 0.3 is 0 Å². The molecule has 1 atom stereocenters. The van der Waals surface area contributed by atoms with Crippen molar-refractivity contribution in [2.45, 2.75) is 19.4 Å². The van der Waals surface area contributed by atoms with E-state index in [1.54, 1.807) is 12.1 Å². The lowest BCUT2D eigenvalue weighted by Crippen LogP contribution is -2.32. The molecule has 1 unspecified atom stereocenters. The number of ether oxygens (including phenoxy) is 2. The van der Waals surface area contributed by atoms with Crippen molar-refractivity contribution in [3.63, 3.8) is 0 Å². The van der Waals surface area contributed by atoms with E-state index in [4.69, 9.17) is 9.47 Å². The molecule has 0 amide bonds. The van der Waals surface area contributed by atoms with E-state index < -0.39 is 11.9 Å². The van der Waals surface area contributed by atoms with Gasteiger partial charge in [0.05, 0.1) is 0 Å². The average molecular weight is 271 g/mol. The highest BCUT2D eigenvalue weighted by molar-refractivity contribution is 5.23. The number of aliphatic hydroxyl groups is 1. The van der Waals surface area contributed by atoms with Gasteiger partial charge < -0.3 is 19.9 Å². The van der Waals surface area contributed by atoms with Crippen LogP contribution in [0, 0.1) is 5.82 Å². The van der Waals surface area contributed by atoms with Crippen molar-refractivity contribution in [2.24, 2.45) is 0 Å². The van der Waals surface area contributed by atoms with Gasteiger partial charge in [0.2, 0.25) is 0 Å². The molecule has 19 heavy (non-hydrogen) atoms. The Morgan fingerprint density at radius 3 is 2.89 bits per heavy atom. The zero-order chi connectivity index (χ0) is 13.9. The van der Waals surface area contributed by atoms with Crippen molar-refractivity contribution < 1.29 is 19.0 Å². The Balaban J connectivity index is 2.08. The smallest absolute Gasteiger partial charge is 0.165 e. The van der Waals surface area contributed by atoms with E-state index in [0.717, 1.165) is 19.6 Å². The van der Waals surface area contributed by atoms with Gasteiger partial charge in [0.25, 0.3) is 0 Å². The molecule has 5 heteroatoms. The van der Waals surface area contributed by atoms with Crippen LogP contribution < -0.4 is 10.1 Å². The maximum Gasteiger partial charge on any atom is 0.165 e. The molecule has 0 aliphatic carbocycles. The molecule has 0 saturated heterocycles. The van der Waals surface area contributed by atoms with E-state index in [0.29, 0.717) is 13.2 Å². The van der Waals surface area contributed by atoms with Gasteiger partial charge in [-0.3, -0.25) is 0 Å². The Kier molecular flexibility index (Phi) is 8.13. The summed E-state index contributed by atoms with van der Waals surface area (Å²) in [7, 11) is 0. The highest BCUT2D eigenvalue weighted by Gasteiger charge is 2.07. The van der Waals surface area contributed by atoms with Gasteiger partial charge in [0.15, 0.2) is 11.6 Å². The summed E-state index contributed by atoms with van der Waals surface area (Å²) in [5.74, 6) is -0.253. The van der Waals surface area contributed by atoms with Gasteiger partial charge in [0.1, 0.15) is 12.7 Å². The summed E-state index contributed by atoms with van der Waals surface area (Å²) in [6, 6.07) is 6.15. The fourth-order valence-electron chi connectivity index (χ4n) is 1.52. The van der Waals surface area contributed by atoms with Crippen LogP contribution in [0.5, 0.6) is 5.75 Å². The van der Waals surface area contributed by atoms with Gasteiger partial charge in [-0.25, -0.2) is 4.39 Å². The lowest BCUT2D eigenvalue weighted by Gasteiger charge is -2.13. The highest BCUT2D eigenvalue weighted by atomic mass is 19.1. The van der Waals surface area contributed by atoms with Gasteiger partial charge in [0, 0.05) is 19.8 Å². The van der Waals surface area contributed by atoms with Crippen molar-refractivity contribution in [3.05, 3.63) is 30.1 Å². The molecule has 0 bridgehead atoms. The number of rotatable bonds is 10. The summed E-state index contributed by atoms with van der Waals surface area (Å²) in [5.41, 5.74) is 0. The third-order valence-electron chi connectivity index (χ3n) is 2.49. The largest absolute Gasteiger partial charge is 0.488 e. The first kappa shape index (κ1) is 15.9. The molecule has 0 radical (unpaired) electrons. The second-order valence-electron chi connectivity index (χ2n) is 4.15. The summed E-state index contributed by atoms with van der Waals surface area (Å²) in [6.45, 7) is 4.65. The molecule has 4 nitrogen and oxygen atoms in total. The topological polar surface area (TPSA) is 50.7 Å². The Hall–Kier alpha value is -1.17. The summed E-state index contributed by atoms with van der Waals surface area (Å²) in [6.07, 6.45) is 0.237. The molecule has 0 aromatic heterocycles. The number of nitrogens with one attached hydrogen (secondary N) is 1. The van der Waals surface area contributed by atoms with Gasteiger partial charge in [-0.2, -0.15) is 0 Å². The minimum atomic E-state index is -0.660. The van der Waals surface area contributed by atoms with E-state index in [1.165, 1.54) is 12.1 Å². The molecule has 108 valence electrons. The van der Waals surface area contributed by atoms with Crippen LogP contribution in [0.2, 0.25) is 0 Å². The molecule has 1 aromatic rings. The van der Waals surface area contributed by atoms with E-state index in [1.807, 2.05) is 6.92 Å². The van der Waals surface area contributed by atoms with Gasteiger partial charge in [-0.05, 0) is 32.0 Å². The predicted molar refractivity (Wildman–Crippen MR) is 71.9 cm³/mol. The van der Waals surface area contributed by atoms with Crippen LogP contribution in [-0.2, 0) is 4.74 Å². The summed E-state index contributed by atoms with van der Waals surface area (Å²) in [5, 5.41) is 12.8. The Bertz CT molecular complexity index is 349. The Morgan fingerprint density at radius 2 is 2.16 bits per heavy atom. The number of hydrogen-bond donors (Lipinski definition) is 2. The second kappa shape index (κ2) is 9.72. The molecule has 0 aliphatic heterocycles. The number of hydrogen-bond acceptors (Lipinski definition) is 4. The van der Waals surface area contributed by atoms with Crippen molar-refractivity contribution in [3.8, 4) is 5.75 Å². The molecular weight excluding hydrogens is 249 g/mol. The maximum atomic E-state index is 13.2. The lowest BCUT2D eigenvalue weighted by atomic mass is 10.3. The zero-order valence-electron chi connectivity index (χ0n) is 11.3. The van der Waals surface area contributed by atoms with Crippen LogP contribution in [0.1, 0.15) is 13.3 Å². The molecule has 0 spiro atoms. The molecular formula is C14H22FNO3.